The van der Waals surface area contributed by atoms with Crippen molar-refractivity contribution in [1.82, 2.24) is 7.05 Å². The van der Waals surface area contributed by atoms with Gasteiger partial charge in [-0.05, 0) is 0 Å². The third kappa shape index (κ3) is 2.55. The second-order valence-electron chi connectivity index (χ2n) is 8.16. The zero-order chi connectivity index (χ0) is 14.6. The molecule has 0 atom stereocenters. The van der Waals surface area contributed by atoms with Gasteiger partial charge in [0.2, 0.25) is 0 Å². The van der Waals surface area contributed by atoms with Crippen LogP contribution in [-0.2, 0) is 0 Å². The summed E-state index contributed by atoms with van der Waals surface area (Å²) in [6.07, 6.45) is 9.32. The van der Waals surface area contributed by atoms with Crippen LogP contribution < -0.4 is 0 Å². The first-order valence-corrected chi connectivity index (χ1v) is 13.3. The van der Waals surface area contributed by atoms with Crippen molar-refractivity contribution < 1.29 is 0 Å². The Kier molecular flexibility index (Phi) is 3.75. The van der Waals surface area contributed by atoms with Gasteiger partial charge in [0.05, 0.1) is 0 Å². The monoisotopic (exact) mass is 339 g/mol. The minimum absolute atomic E-state index is 0.317. The van der Waals surface area contributed by atoms with Gasteiger partial charge >= 0.3 is 125 Å². The molecular formula is C15H29GeN2Si. The molecule has 2 rings (SSSR count). The predicted octanol–water partition coefficient (Wildman–Crippen LogP) is 3.89. The second kappa shape index (κ2) is 4.58. The van der Waals surface area contributed by atoms with Gasteiger partial charge in [0.25, 0.3) is 0 Å². The molecule has 4 heteroatoms. The first kappa shape index (κ1) is 15.5. The van der Waals surface area contributed by atoms with Crippen molar-refractivity contribution >= 4 is 23.2 Å². The maximum atomic E-state index is 2.97. The van der Waals surface area contributed by atoms with Crippen molar-refractivity contribution in [2.75, 3.05) is 0 Å². The molecule has 0 saturated carbocycles. The molecule has 0 aromatic heterocycles. The standard InChI is InChI=1S/C15H29GeN2Si/c1-14(2,3)17-16(13-11-9-10-12-13)18(15(4,5)6)19(17,7)8/h9-13H,1-8H3. The van der Waals surface area contributed by atoms with Crippen molar-refractivity contribution in [3.8, 4) is 0 Å². The van der Waals surface area contributed by atoms with Crippen LogP contribution in [0.2, 0.25) is 17.8 Å². The summed E-state index contributed by atoms with van der Waals surface area (Å²) in [6, 6.07) is 0. The summed E-state index contributed by atoms with van der Waals surface area (Å²) in [7, 11) is -1.44. The summed E-state index contributed by atoms with van der Waals surface area (Å²) < 4.78 is 6.64. The van der Waals surface area contributed by atoms with E-state index in [2.05, 4.69) is 86.0 Å². The summed E-state index contributed by atoms with van der Waals surface area (Å²) in [4.78, 5) is 0. The van der Waals surface area contributed by atoms with E-state index in [1.165, 1.54) is 0 Å². The van der Waals surface area contributed by atoms with Gasteiger partial charge in [-0.2, -0.15) is 0 Å². The molecule has 2 aliphatic rings. The van der Waals surface area contributed by atoms with E-state index in [0.29, 0.717) is 15.8 Å². The van der Waals surface area contributed by atoms with Crippen LogP contribution in [0.1, 0.15) is 41.5 Å². The van der Waals surface area contributed by atoms with Crippen LogP contribution in [0.4, 0.5) is 0 Å². The normalized spacial score (nSPS) is 26.1. The minimum atomic E-state index is -1.44. The Hall–Kier alpha value is 0.160. The Morgan fingerprint density at radius 2 is 1.21 bits per heavy atom. The Bertz CT molecular complexity index is 379. The van der Waals surface area contributed by atoms with Gasteiger partial charge in [-0.25, -0.2) is 0 Å². The van der Waals surface area contributed by atoms with E-state index < -0.39 is 23.2 Å². The van der Waals surface area contributed by atoms with Crippen LogP contribution in [-0.4, -0.2) is 41.3 Å². The molecule has 1 heterocycles. The average molecular weight is 338 g/mol. The Morgan fingerprint density at radius 1 is 0.842 bits per heavy atom. The fraction of sp³-hybridized carbons (Fsp3) is 0.733. The van der Waals surface area contributed by atoms with Gasteiger partial charge in [0.15, 0.2) is 0 Å². The van der Waals surface area contributed by atoms with Crippen molar-refractivity contribution in [3.05, 3.63) is 24.3 Å². The number of rotatable bonds is 1. The van der Waals surface area contributed by atoms with Gasteiger partial charge in [-0.3, -0.25) is 0 Å². The van der Waals surface area contributed by atoms with E-state index in [1.54, 1.807) is 0 Å². The molecule has 0 aromatic carbocycles. The summed E-state index contributed by atoms with van der Waals surface area (Å²) in [5.74, 6) is 0. The van der Waals surface area contributed by atoms with E-state index >= 15 is 0 Å². The second-order valence-corrected chi connectivity index (χ2v) is 18.7. The fourth-order valence-electron chi connectivity index (χ4n) is 3.95. The summed E-state index contributed by atoms with van der Waals surface area (Å²) in [5.41, 5.74) is 0.633. The number of allylic oxidation sites excluding steroid dienone is 4. The summed E-state index contributed by atoms with van der Waals surface area (Å²) in [5, 5.41) is 0. The van der Waals surface area contributed by atoms with Crippen LogP contribution in [0.15, 0.2) is 24.3 Å². The third-order valence-corrected chi connectivity index (χ3v) is 23.5. The first-order chi connectivity index (χ1) is 8.47. The number of hydrogen-bond donors (Lipinski definition) is 0. The average Bonchev–Trinajstić information content (AvgIpc) is 2.60. The molecule has 0 N–H and O–H groups in total. The molecule has 1 saturated heterocycles. The molecule has 0 aromatic rings. The van der Waals surface area contributed by atoms with Crippen LogP contribution >= 0.6 is 0 Å². The van der Waals surface area contributed by atoms with Gasteiger partial charge in [-0.15, -0.1) is 0 Å². The predicted molar refractivity (Wildman–Crippen MR) is 88.5 cm³/mol. The van der Waals surface area contributed by atoms with Crippen molar-refractivity contribution in [2.24, 2.45) is 0 Å². The van der Waals surface area contributed by atoms with Crippen molar-refractivity contribution in [2.45, 2.75) is 70.5 Å². The molecule has 0 amide bonds. The van der Waals surface area contributed by atoms with Gasteiger partial charge < -0.3 is 0 Å². The van der Waals surface area contributed by atoms with Gasteiger partial charge in [0.1, 0.15) is 0 Å². The molecule has 1 radical (unpaired) electrons. The van der Waals surface area contributed by atoms with E-state index in [1.807, 2.05) is 0 Å². The van der Waals surface area contributed by atoms with E-state index in [9.17, 15) is 0 Å². The topological polar surface area (TPSA) is 6.48 Å². The van der Waals surface area contributed by atoms with Gasteiger partial charge in [-0.1, -0.05) is 0 Å². The Labute approximate surface area is 125 Å². The van der Waals surface area contributed by atoms with E-state index in [0.717, 1.165) is 0 Å². The SMILES string of the molecule is CC(C)(C)[N]1[Ge]([CH]2C=CC=C2)[N](C(C)(C)C)[Si]1(C)C. The maximum absolute atomic E-state index is 2.97. The summed E-state index contributed by atoms with van der Waals surface area (Å²) >= 11 is -1.43. The van der Waals surface area contributed by atoms with Crippen LogP contribution in [0.5, 0.6) is 0 Å². The zero-order valence-corrected chi connectivity index (χ0v) is 16.9. The molecule has 0 unspecified atom stereocenters. The molecule has 0 spiro atoms. The molecular weight excluding hydrogens is 309 g/mol. The zero-order valence-electron chi connectivity index (χ0n) is 13.8. The summed E-state index contributed by atoms with van der Waals surface area (Å²) in [6.45, 7) is 19.5. The molecule has 2 nitrogen and oxygen atoms in total. The van der Waals surface area contributed by atoms with Crippen molar-refractivity contribution in [1.29, 1.82) is 0 Å². The molecule has 1 aliphatic heterocycles. The Morgan fingerprint density at radius 3 is 1.53 bits per heavy atom. The van der Waals surface area contributed by atoms with E-state index in [-0.39, 0.29) is 0 Å². The quantitative estimate of drug-likeness (QED) is 0.670. The van der Waals surface area contributed by atoms with Crippen LogP contribution in [0, 0.1) is 0 Å². The fourth-order valence-corrected chi connectivity index (χ4v) is 24.0. The molecule has 1 aliphatic carbocycles. The van der Waals surface area contributed by atoms with Gasteiger partial charge in [0, 0.05) is 0 Å². The van der Waals surface area contributed by atoms with Crippen molar-refractivity contribution in [3.63, 3.8) is 0 Å². The van der Waals surface area contributed by atoms with Crippen LogP contribution in [0.3, 0.4) is 0 Å². The molecule has 19 heavy (non-hydrogen) atoms. The van der Waals surface area contributed by atoms with Crippen LogP contribution in [0.25, 0.3) is 0 Å². The molecule has 1 fully saturated rings. The Balaban J connectivity index is 2.39. The third-order valence-electron chi connectivity index (χ3n) is 3.94. The molecule has 107 valence electrons. The first-order valence-electron chi connectivity index (χ1n) is 7.30. The van der Waals surface area contributed by atoms with E-state index in [4.69, 9.17) is 0 Å². The molecule has 0 bridgehead atoms. The number of hydrogen-bond acceptors (Lipinski definition) is 2. The number of nitrogens with zero attached hydrogens (tertiary/aromatic N) is 2.